The van der Waals surface area contributed by atoms with Crippen molar-refractivity contribution >= 4 is 40.9 Å². The van der Waals surface area contributed by atoms with Crippen LogP contribution in [0.5, 0.6) is 0 Å². The molecule has 0 saturated carbocycles. The Hall–Kier alpha value is -2.09. The molecule has 3 rings (SSSR count). The van der Waals surface area contributed by atoms with E-state index in [4.69, 9.17) is 27.6 Å². The fraction of sp³-hybridized carbons (Fsp3) is 0.211. The van der Waals surface area contributed by atoms with Crippen LogP contribution in [-0.4, -0.2) is 21.4 Å². The standard InChI is InChI=1S/C19H16Cl2FN3O2S/c1-10(13-8-7-12(20)9-15(13)21)23-17(26)11(2)28-19-25-24-18(27-19)14-5-3-4-6-16(14)22/h3-11H,1-2H3,(H,23,26)/t10-,11-/m1/s1. The Bertz CT molecular complexity index is 999. The zero-order chi connectivity index (χ0) is 20.3. The Balaban J connectivity index is 1.64. The van der Waals surface area contributed by atoms with Crippen LogP contribution in [0, 0.1) is 5.82 Å². The van der Waals surface area contributed by atoms with Gasteiger partial charge in [0, 0.05) is 10.0 Å². The fourth-order valence-electron chi connectivity index (χ4n) is 2.47. The van der Waals surface area contributed by atoms with Crippen LogP contribution in [0.4, 0.5) is 4.39 Å². The molecule has 0 bridgehead atoms. The predicted molar refractivity (Wildman–Crippen MR) is 108 cm³/mol. The molecule has 1 amide bonds. The lowest BCUT2D eigenvalue weighted by molar-refractivity contribution is -0.120. The van der Waals surface area contributed by atoms with Gasteiger partial charge >= 0.3 is 0 Å². The summed E-state index contributed by atoms with van der Waals surface area (Å²) < 4.78 is 19.3. The van der Waals surface area contributed by atoms with Gasteiger partial charge in [0.1, 0.15) is 5.82 Å². The van der Waals surface area contributed by atoms with Crippen molar-refractivity contribution in [3.05, 3.63) is 63.9 Å². The third-order valence-corrected chi connectivity index (χ3v) is 5.44. The van der Waals surface area contributed by atoms with Gasteiger partial charge in [0.2, 0.25) is 5.91 Å². The number of hydrogen-bond acceptors (Lipinski definition) is 5. The zero-order valence-corrected chi connectivity index (χ0v) is 17.3. The number of nitrogens with zero attached hydrogens (tertiary/aromatic N) is 2. The van der Waals surface area contributed by atoms with Crippen molar-refractivity contribution < 1.29 is 13.6 Å². The summed E-state index contributed by atoms with van der Waals surface area (Å²) in [6, 6.07) is 10.9. The van der Waals surface area contributed by atoms with E-state index in [2.05, 4.69) is 15.5 Å². The molecule has 0 radical (unpaired) electrons. The minimum Gasteiger partial charge on any atom is -0.411 e. The minimum atomic E-state index is -0.512. The van der Waals surface area contributed by atoms with E-state index in [0.717, 1.165) is 17.3 Å². The molecule has 1 N–H and O–H groups in total. The van der Waals surface area contributed by atoms with Gasteiger partial charge in [-0.15, -0.1) is 10.2 Å². The summed E-state index contributed by atoms with van der Waals surface area (Å²) in [5.41, 5.74) is 0.973. The molecule has 0 aliphatic heterocycles. The van der Waals surface area contributed by atoms with Gasteiger partial charge in [-0.1, -0.05) is 53.2 Å². The molecule has 0 aliphatic carbocycles. The van der Waals surface area contributed by atoms with Crippen molar-refractivity contribution in [1.82, 2.24) is 15.5 Å². The van der Waals surface area contributed by atoms with Gasteiger partial charge < -0.3 is 9.73 Å². The minimum absolute atomic E-state index is 0.0644. The van der Waals surface area contributed by atoms with E-state index >= 15 is 0 Å². The van der Waals surface area contributed by atoms with Crippen LogP contribution in [0.2, 0.25) is 10.0 Å². The molecule has 0 unspecified atom stereocenters. The van der Waals surface area contributed by atoms with Crippen LogP contribution in [0.1, 0.15) is 25.5 Å². The SMILES string of the molecule is C[C@@H](Sc1nnc(-c2ccccc2F)o1)C(=O)N[C@H](C)c1ccc(Cl)cc1Cl. The molecule has 2 aromatic carbocycles. The Morgan fingerprint density at radius 2 is 1.93 bits per heavy atom. The number of thioether (sulfide) groups is 1. The average Bonchev–Trinajstić information content (AvgIpc) is 3.10. The predicted octanol–water partition coefficient (Wildman–Crippen LogP) is 5.54. The summed E-state index contributed by atoms with van der Waals surface area (Å²) in [6.45, 7) is 3.54. The molecular weight excluding hydrogens is 424 g/mol. The molecule has 1 aromatic heterocycles. The highest BCUT2D eigenvalue weighted by molar-refractivity contribution is 8.00. The van der Waals surface area contributed by atoms with Crippen LogP contribution in [0.3, 0.4) is 0 Å². The Morgan fingerprint density at radius 3 is 2.64 bits per heavy atom. The molecule has 0 spiro atoms. The number of carbonyl (C=O) groups is 1. The lowest BCUT2D eigenvalue weighted by Crippen LogP contribution is -2.33. The second-order valence-corrected chi connectivity index (χ2v) is 8.14. The molecule has 2 atom stereocenters. The average molecular weight is 440 g/mol. The lowest BCUT2D eigenvalue weighted by atomic mass is 10.1. The van der Waals surface area contributed by atoms with Gasteiger partial charge in [-0.05, 0) is 43.7 Å². The molecule has 1 heterocycles. The lowest BCUT2D eigenvalue weighted by Gasteiger charge is -2.18. The van der Waals surface area contributed by atoms with Crippen LogP contribution >= 0.6 is 35.0 Å². The van der Waals surface area contributed by atoms with Crippen LogP contribution in [-0.2, 0) is 4.79 Å². The van der Waals surface area contributed by atoms with Crippen molar-refractivity contribution in [2.75, 3.05) is 0 Å². The van der Waals surface area contributed by atoms with Gasteiger partial charge in [-0.25, -0.2) is 4.39 Å². The first kappa shape index (κ1) is 20.6. The summed E-state index contributed by atoms with van der Waals surface area (Å²) >= 11 is 13.2. The molecule has 0 fully saturated rings. The first-order valence-electron chi connectivity index (χ1n) is 8.35. The highest BCUT2D eigenvalue weighted by atomic mass is 35.5. The third-order valence-electron chi connectivity index (χ3n) is 3.95. The first-order valence-corrected chi connectivity index (χ1v) is 9.99. The number of amides is 1. The molecule has 28 heavy (non-hydrogen) atoms. The molecule has 146 valence electrons. The van der Waals surface area contributed by atoms with Crippen molar-refractivity contribution in [2.45, 2.75) is 30.4 Å². The normalized spacial score (nSPS) is 13.2. The number of aromatic nitrogens is 2. The number of nitrogens with one attached hydrogen (secondary N) is 1. The van der Waals surface area contributed by atoms with Gasteiger partial charge in [-0.2, -0.15) is 0 Å². The number of carbonyl (C=O) groups excluding carboxylic acids is 1. The summed E-state index contributed by atoms with van der Waals surface area (Å²) in [5.74, 6) is -0.620. The van der Waals surface area contributed by atoms with Crippen LogP contribution in [0.25, 0.3) is 11.5 Å². The maximum absolute atomic E-state index is 13.8. The quantitative estimate of drug-likeness (QED) is 0.510. The maximum atomic E-state index is 13.8. The number of halogens is 3. The van der Waals surface area contributed by atoms with Crippen molar-refractivity contribution in [1.29, 1.82) is 0 Å². The third kappa shape index (κ3) is 4.84. The topological polar surface area (TPSA) is 68.0 Å². The molecule has 0 saturated heterocycles. The Labute approximate surface area is 175 Å². The highest BCUT2D eigenvalue weighted by Crippen LogP contribution is 2.29. The summed E-state index contributed by atoms with van der Waals surface area (Å²) in [6.07, 6.45) is 0. The second-order valence-electron chi connectivity index (χ2n) is 6.01. The number of hydrogen-bond donors (Lipinski definition) is 1. The molecule has 9 heteroatoms. The smallest absolute Gasteiger partial charge is 0.277 e. The maximum Gasteiger partial charge on any atom is 0.277 e. The highest BCUT2D eigenvalue weighted by Gasteiger charge is 2.22. The molecular formula is C19H16Cl2FN3O2S. The van der Waals surface area contributed by atoms with Crippen LogP contribution in [0.15, 0.2) is 52.1 Å². The second kappa shape index (κ2) is 8.94. The largest absolute Gasteiger partial charge is 0.411 e. The number of benzene rings is 2. The van der Waals surface area contributed by atoms with E-state index in [1.165, 1.54) is 6.07 Å². The number of rotatable bonds is 6. The zero-order valence-electron chi connectivity index (χ0n) is 14.9. The van der Waals surface area contributed by atoms with E-state index in [0.29, 0.717) is 10.0 Å². The summed E-state index contributed by atoms with van der Waals surface area (Å²) in [4.78, 5) is 12.5. The monoisotopic (exact) mass is 439 g/mol. The van der Waals surface area contributed by atoms with Crippen LogP contribution < -0.4 is 5.32 Å². The van der Waals surface area contributed by atoms with E-state index in [9.17, 15) is 9.18 Å². The van der Waals surface area contributed by atoms with Gasteiger partial charge in [0.25, 0.3) is 11.1 Å². The van der Waals surface area contributed by atoms with Gasteiger partial charge in [0.15, 0.2) is 0 Å². The molecule has 3 aromatic rings. The van der Waals surface area contributed by atoms with E-state index in [1.54, 1.807) is 43.3 Å². The van der Waals surface area contributed by atoms with E-state index in [1.807, 2.05) is 6.92 Å². The van der Waals surface area contributed by atoms with Crippen molar-refractivity contribution in [2.24, 2.45) is 0 Å². The Morgan fingerprint density at radius 1 is 1.18 bits per heavy atom. The Kier molecular flexibility index (Phi) is 6.59. The first-order chi connectivity index (χ1) is 13.3. The van der Waals surface area contributed by atoms with Crippen molar-refractivity contribution in [3.8, 4) is 11.5 Å². The van der Waals surface area contributed by atoms with E-state index in [-0.39, 0.29) is 28.6 Å². The summed E-state index contributed by atoms with van der Waals surface area (Å²) in [5, 5.41) is 11.3. The fourth-order valence-corrected chi connectivity index (χ4v) is 3.73. The van der Waals surface area contributed by atoms with Crippen molar-refractivity contribution in [3.63, 3.8) is 0 Å². The molecule has 0 aliphatic rings. The molecule has 5 nitrogen and oxygen atoms in total. The summed E-state index contributed by atoms with van der Waals surface area (Å²) in [7, 11) is 0. The van der Waals surface area contributed by atoms with E-state index < -0.39 is 11.1 Å². The van der Waals surface area contributed by atoms with Gasteiger partial charge in [-0.3, -0.25) is 4.79 Å². The van der Waals surface area contributed by atoms with Gasteiger partial charge in [0.05, 0.1) is 16.9 Å².